The summed E-state index contributed by atoms with van der Waals surface area (Å²) in [6.07, 6.45) is 0. The average Bonchev–Trinajstić information content (AvgIpc) is 2.67. The molecule has 0 unspecified atom stereocenters. The van der Waals surface area contributed by atoms with Crippen LogP contribution in [0.15, 0.2) is 61.0 Å². The molecular weight excluding hydrogens is 468 g/mol. The highest BCUT2D eigenvalue weighted by Gasteiger charge is 2.29. The van der Waals surface area contributed by atoms with Crippen LogP contribution in [0.25, 0.3) is 11.0 Å². The van der Waals surface area contributed by atoms with Crippen molar-refractivity contribution in [3.05, 3.63) is 74.0 Å². The van der Waals surface area contributed by atoms with Gasteiger partial charge in [0.05, 0.1) is 4.90 Å². The highest BCUT2D eigenvalue weighted by Crippen LogP contribution is 2.25. The fourth-order valence-electron chi connectivity index (χ4n) is 3.93. The maximum Gasteiger partial charge on any atom is 0.336 e. The van der Waals surface area contributed by atoms with Gasteiger partial charge in [-0.1, -0.05) is 33.6 Å². The van der Waals surface area contributed by atoms with E-state index < -0.39 is 10.0 Å². The van der Waals surface area contributed by atoms with Crippen LogP contribution in [0.1, 0.15) is 16.7 Å². The van der Waals surface area contributed by atoms with Crippen LogP contribution in [0.2, 0.25) is 0 Å². The van der Waals surface area contributed by atoms with Crippen molar-refractivity contribution in [2.75, 3.05) is 26.2 Å². The molecule has 1 aliphatic rings. The molecule has 1 aromatic heterocycles. The van der Waals surface area contributed by atoms with Crippen LogP contribution in [0.3, 0.4) is 0 Å². The number of rotatable bonds is 4. The number of hydrogen-bond donors (Lipinski definition) is 0. The Bertz CT molecular complexity index is 1260. The molecule has 6 nitrogen and oxygen atoms in total. The van der Waals surface area contributed by atoms with Crippen LogP contribution in [0.4, 0.5) is 0 Å². The molecule has 2 aromatic carbocycles. The molecule has 0 radical (unpaired) electrons. The molecule has 158 valence electrons. The number of hydrogen-bond acceptors (Lipinski definition) is 5. The van der Waals surface area contributed by atoms with E-state index in [4.69, 9.17) is 4.42 Å². The van der Waals surface area contributed by atoms with Crippen LogP contribution in [0.5, 0.6) is 0 Å². The molecule has 1 fully saturated rings. The molecule has 1 saturated heterocycles. The summed E-state index contributed by atoms with van der Waals surface area (Å²) in [5.74, 6) is 0. The number of sulfonamides is 1. The number of nitrogens with zero attached hydrogens (tertiary/aromatic N) is 2. The molecule has 0 aliphatic carbocycles. The smallest absolute Gasteiger partial charge is 0.336 e. The summed E-state index contributed by atoms with van der Waals surface area (Å²) in [5.41, 5.74) is 2.86. The Balaban J connectivity index is 1.50. The second kappa shape index (κ2) is 8.26. The molecule has 0 N–H and O–H groups in total. The van der Waals surface area contributed by atoms with E-state index in [2.05, 4.69) is 20.8 Å². The van der Waals surface area contributed by atoms with Gasteiger partial charge in [-0.3, -0.25) is 4.90 Å². The molecular formula is C22H23BrN2O4S. The second-order valence-corrected chi connectivity index (χ2v) is 10.5. The predicted octanol–water partition coefficient (Wildman–Crippen LogP) is 3.68. The topological polar surface area (TPSA) is 70.8 Å². The first-order chi connectivity index (χ1) is 14.2. The average molecular weight is 491 g/mol. The third-order valence-corrected chi connectivity index (χ3v) is 8.02. The van der Waals surface area contributed by atoms with Crippen molar-refractivity contribution in [1.29, 1.82) is 0 Å². The quantitative estimate of drug-likeness (QED) is 0.521. The van der Waals surface area contributed by atoms with E-state index in [0.717, 1.165) is 26.5 Å². The summed E-state index contributed by atoms with van der Waals surface area (Å²) in [6, 6.07) is 12.6. The Morgan fingerprint density at radius 3 is 2.43 bits per heavy atom. The van der Waals surface area contributed by atoms with Crippen LogP contribution in [-0.2, 0) is 16.6 Å². The van der Waals surface area contributed by atoms with Gasteiger partial charge in [0.15, 0.2) is 0 Å². The number of benzene rings is 2. The van der Waals surface area contributed by atoms with Gasteiger partial charge in [-0.15, -0.1) is 0 Å². The first-order valence-corrected chi connectivity index (χ1v) is 12.0. The lowest BCUT2D eigenvalue weighted by Crippen LogP contribution is -2.48. The van der Waals surface area contributed by atoms with Gasteiger partial charge < -0.3 is 4.42 Å². The summed E-state index contributed by atoms with van der Waals surface area (Å²) in [7, 11) is -3.52. The van der Waals surface area contributed by atoms with Gasteiger partial charge in [0.25, 0.3) is 0 Å². The van der Waals surface area contributed by atoms with Gasteiger partial charge in [-0.25, -0.2) is 13.2 Å². The van der Waals surface area contributed by atoms with Gasteiger partial charge >= 0.3 is 5.63 Å². The molecule has 2 heterocycles. The van der Waals surface area contributed by atoms with Gasteiger partial charge in [-0.05, 0) is 49.2 Å². The van der Waals surface area contributed by atoms with E-state index in [0.29, 0.717) is 43.2 Å². The number of fused-ring (bicyclic) bond motifs is 1. The first kappa shape index (κ1) is 21.2. The maximum absolute atomic E-state index is 13.1. The number of aryl methyl sites for hydroxylation is 2. The summed E-state index contributed by atoms with van der Waals surface area (Å²) >= 11 is 3.40. The van der Waals surface area contributed by atoms with E-state index >= 15 is 0 Å². The van der Waals surface area contributed by atoms with E-state index in [-0.39, 0.29) is 5.63 Å². The van der Waals surface area contributed by atoms with Gasteiger partial charge in [0, 0.05) is 48.6 Å². The van der Waals surface area contributed by atoms with Crippen molar-refractivity contribution in [3.63, 3.8) is 0 Å². The lowest BCUT2D eigenvalue weighted by atomic mass is 10.1. The summed E-state index contributed by atoms with van der Waals surface area (Å²) < 4.78 is 33.9. The zero-order valence-electron chi connectivity index (χ0n) is 16.9. The van der Waals surface area contributed by atoms with Gasteiger partial charge in [0.2, 0.25) is 10.0 Å². The van der Waals surface area contributed by atoms with Crippen LogP contribution in [0, 0.1) is 13.8 Å². The van der Waals surface area contributed by atoms with Crippen molar-refractivity contribution in [3.8, 4) is 0 Å². The van der Waals surface area contributed by atoms with Crippen molar-refractivity contribution in [1.82, 2.24) is 9.21 Å². The molecule has 8 heteroatoms. The minimum Gasteiger partial charge on any atom is -0.423 e. The van der Waals surface area contributed by atoms with E-state index in [9.17, 15) is 13.2 Å². The third kappa shape index (κ3) is 4.23. The maximum atomic E-state index is 13.1. The van der Waals surface area contributed by atoms with Crippen molar-refractivity contribution in [2.24, 2.45) is 0 Å². The minimum absolute atomic E-state index is 0.374. The van der Waals surface area contributed by atoms with Crippen LogP contribution in [-0.4, -0.2) is 43.8 Å². The summed E-state index contributed by atoms with van der Waals surface area (Å²) in [6.45, 7) is 6.39. The number of halogens is 1. The lowest BCUT2D eigenvalue weighted by molar-refractivity contribution is 0.182. The minimum atomic E-state index is -3.52. The van der Waals surface area contributed by atoms with Crippen molar-refractivity contribution < 1.29 is 12.8 Å². The highest BCUT2D eigenvalue weighted by molar-refractivity contribution is 9.10. The molecule has 1 aliphatic heterocycles. The zero-order chi connectivity index (χ0) is 21.5. The Morgan fingerprint density at radius 1 is 1.00 bits per heavy atom. The zero-order valence-corrected chi connectivity index (χ0v) is 19.3. The SMILES string of the molecule is Cc1ccc(S(=O)(=O)N2CCN(Cc3cc(=O)oc4cc(Br)ccc34)CC2)c(C)c1. The molecule has 0 atom stereocenters. The summed E-state index contributed by atoms with van der Waals surface area (Å²) in [4.78, 5) is 14.5. The monoisotopic (exact) mass is 490 g/mol. The fourth-order valence-corrected chi connectivity index (χ4v) is 5.90. The normalized spacial score (nSPS) is 16.2. The van der Waals surface area contributed by atoms with Crippen molar-refractivity contribution >= 4 is 36.9 Å². The van der Waals surface area contributed by atoms with Gasteiger partial charge in [0.1, 0.15) is 5.58 Å². The Hall–Kier alpha value is -2.00. The second-order valence-electron chi connectivity index (χ2n) is 7.68. The van der Waals surface area contributed by atoms with E-state index in [1.54, 1.807) is 16.4 Å². The molecule has 30 heavy (non-hydrogen) atoms. The largest absolute Gasteiger partial charge is 0.423 e. The van der Waals surface area contributed by atoms with Crippen LogP contribution < -0.4 is 5.63 Å². The predicted molar refractivity (Wildman–Crippen MR) is 120 cm³/mol. The van der Waals surface area contributed by atoms with E-state index in [1.165, 1.54) is 6.07 Å². The molecule has 0 bridgehead atoms. The molecule has 3 aromatic rings. The molecule has 0 spiro atoms. The molecule has 0 amide bonds. The Morgan fingerprint density at radius 2 is 1.73 bits per heavy atom. The third-order valence-electron chi connectivity index (χ3n) is 5.47. The van der Waals surface area contributed by atoms with Gasteiger partial charge in [-0.2, -0.15) is 4.31 Å². The summed E-state index contributed by atoms with van der Waals surface area (Å²) in [5, 5.41) is 0.892. The molecule has 4 rings (SSSR count). The standard InChI is InChI=1S/C22H23BrN2O4S/c1-15-3-6-21(16(2)11-15)30(27,28)25-9-7-24(8-10-25)14-17-12-22(26)29-20-13-18(23)4-5-19(17)20/h3-6,11-13H,7-10,14H2,1-2H3. The highest BCUT2D eigenvalue weighted by atomic mass is 79.9. The lowest BCUT2D eigenvalue weighted by Gasteiger charge is -2.34. The van der Waals surface area contributed by atoms with Crippen LogP contribution >= 0.6 is 15.9 Å². The van der Waals surface area contributed by atoms with E-state index in [1.807, 2.05) is 38.1 Å². The van der Waals surface area contributed by atoms with Crippen molar-refractivity contribution in [2.45, 2.75) is 25.3 Å². The molecule has 0 saturated carbocycles. The fraction of sp³-hybridized carbons (Fsp3) is 0.318. The Labute approximate surface area is 184 Å². The Kier molecular flexibility index (Phi) is 5.85. The number of piperazine rings is 1. The first-order valence-electron chi connectivity index (χ1n) is 9.76.